The third-order valence-electron chi connectivity index (χ3n) is 4.52. The van der Waals surface area contributed by atoms with Crippen LogP contribution in [0.25, 0.3) is 0 Å². The van der Waals surface area contributed by atoms with Crippen molar-refractivity contribution in [3.63, 3.8) is 0 Å². The standard InChI is InChI=1S/C16H29ClN4/c1-5-7-14-10-20(12(3)8-9-18-14)11-15-16(17)13(4)19-21(15)6-2/h12,14,18H,5-11H2,1-4H3. The van der Waals surface area contributed by atoms with E-state index in [-0.39, 0.29) is 0 Å². The van der Waals surface area contributed by atoms with Crippen LogP contribution in [-0.2, 0) is 13.1 Å². The smallest absolute Gasteiger partial charge is 0.0860 e. The van der Waals surface area contributed by atoms with Crippen molar-refractivity contribution in [2.24, 2.45) is 0 Å². The second-order valence-electron chi connectivity index (χ2n) is 6.17. The molecule has 21 heavy (non-hydrogen) atoms. The van der Waals surface area contributed by atoms with E-state index in [0.717, 1.165) is 36.9 Å². The van der Waals surface area contributed by atoms with Crippen LogP contribution >= 0.6 is 11.6 Å². The lowest BCUT2D eigenvalue weighted by Crippen LogP contribution is -2.40. The minimum absolute atomic E-state index is 0.580. The van der Waals surface area contributed by atoms with Gasteiger partial charge in [0.15, 0.2) is 0 Å². The van der Waals surface area contributed by atoms with Crippen molar-refractivity contribution < 1.29 is 0 Å². The molecule has 1 fully saturated rings. The van der Waals surface area contributed by atoms with Gasteiger partial charge in [-0.05, 0) is 40.2 Å². The van der Waals surface area contributed by atoms with E-state index in [1.165, 1.54) is 25.0 Å². The Morgan fingerprint density at radius 2 is 2.14 bits per heavy atom. The van der Waals surface area contributed by atoms with Gasteiger partial charge in [-0.2, -0.15) is 5.10 Å². The van der Waals surface area contributed by atoms with Crippen LogP contribution < -0.4 is 5.32 Å². The second-order valence-corrected chi connectivity index (χ2v) is 6.55. The number of aromatic nitrogens is 2. The van der Waals surface area contributed by atoms with Gasteiger partial charge < -0.3 is 5.32 Å². The summed E-state index contributed by atoms with van der Waals surface area (Å²) >= 11 is 6.47. The monoisotopic (exact) mass is 312 g/mol. The van der Waals surface area contributed by atoms with Crippen LogP contribution in [0.4, 0.5) is 0 Å². The molecule has 0 spiro atoms. The normalized spacial score (nSPS) is 24.2. The van der Waals surface area contributed by atoms with Crippen molar-refractivity contribution in [3.8, 4) is 0 Å². The van der Waals surface area contributed by atoms with Gasteiger partial charge >= 0.3 is 0 Å². The fourth-order valence-electron chi connectivity index (χ4n) is 3.18. The number of hydrogen-bond donors (Lipinski definition) is 1. The number of halogens is 1. The van der Waals surface area contributed by atoms with Crippen LogP contribution in [0, 0.1) is 6.92 Å². The Morgan fingerprint density at radius 3 is 2.81 bits per heavy atom. The molecule has 120 valence electrons. The van der Waals surface area contributed by atoms with E-state index in [1.54, 1.807) is 0 Å². The fraction of sp³-hybridized carbons (Fsp3) is 0.812. The second kappa shape index (κ2) is 7.61. The van der Waals surface area contributed by atoms with Crippen LogP contribution in [0.3, 0.4) is 0 Å². The first-order chi connectivity index (χ1) is 10.1. The summed E-state index contributed by atoms with van der Waals surface area (Å²) in [5.74, 6) is 0. The van der Waals surface area contributed by atoms with E-state index >= 15 is 0 Å². The van der Waals surface area contributed by atoms with Crippen LogP contribution in [0.2, 0.25) is 5.02 Å². The summed E-state index contributed by atoms with van der Waals surface area (Å²) in [6, 6.07) is 1.17. The van der Waals surface area contributed by atoms with Crippen LogP contribution in [-0.4, -0.2) is 39.9 Å². The Labute approximate surface area is 133 Å². The molecule has 4 nitrogen and oxygen atoms in total. The molecule has 0 saturated carbocycles. The number of aryl methyl sites for hydroxylation is 2. The first-order valence-corrected chi connectivity index (χ1v) is 8.63. The Kier molecular flexibility index (Phi) is 6.08. The van der Waals surface area contributed by atoms with E-state index < -0.39 is 0 Å². The van der Waals surface area contributed by atoms with Gasteiger partial charge in [0.1, 0.15) is 0 Å². The molecule has 1 aliphatic heterocycles. The summed E-state index contributed by atoms with van der Waals surface area (Å²) in [4.78, 5) is 2.56. The lowest BCUT2D eigenvalue weighted by molar-refractivity contribution is 0.188. The van der Waals surface area contributed by atoms with Gasteiger partial charge in [0.2, 0.25) is 0 Å². The largest absolute Gasteiger partial charge is 0.313 e. The summed E-state index contributed by atoms with van der Waals surface area (Å²) in [5.41, 5.74) is 2.11. The Bertz CT molecular complexity index is 457. The molecule has 0 aromatic carbocycles. The molecule has 1 aliphatic rings. The third-order valence-corrected chi connectivity index (χ3v) is 5.01. The Morgan fingerprint density at radius 1 is 1.38 bits per heavy atom. The number of nitrogens with one attached hydrogen (secondary N) is 1. The van der Waals surface area contributed by atoms with Gasteiger partial charge in [-0.1, -0.05) is 24.9 Å². The molecule has 1 N–H and O–H groups in total. The summed E-state index contributed by atoms with van der Waals surface area (Å²) < 4.78 is 2.05. The number of rotatable bonds is 5. The molecule has 1 aromatic heterocycles. The zero-order valence-electron chi connectivity index (χ0n) is 13.8. The topological polar surface area (TPSA) is 33.1 Å². The molecule has 2 atom stereocenters. The lowest BCUT2D eigenvalue weighted by atomic mass is 10.1. The van der Waals surface area contributed by atoms with Crippen LogP contribution in [0.5, 0.6) is 0 Å². The number of nitrogens with zero attached hydrogens (tertiary/aromatic N) is 3. The van der Waals surface area contributed by atoms with Crippen molar-refractivity contribution in [2.45, 2.75) is 72.1 Å². The molecule has 1 saturated heterocycles. The van der Waals surface area contributed by atoms with Crippen molar-refractivity contribution in [2.75, 3.05) is 13.1 Å². The Hall–Kier alpha value is -0.580. The van der Waals surface area contributed by atoms with Crippen LogP contribution in [0.15, 0.2) is 0 Å². The highest BCUT2D eigenvalue weighted by Gasteiger charge is 2.25. The van der Waals surface area contributed by atoms with Gasteiger partial charge in [0.05, 0.1) is 16.4 Å². The maximum Gasteiger partial charge on any atom is 0.0860 e. The van der Waals surface area contributed by atoms with Crippen molar-refractivity contribution in [1.82, 2.24) is 20.0 Å². The average molecular weight is 313 g/mol. The van der Waals surface area contributed by atoms with Gasteiger partial charge in [-0.3, -0.25) is 9.58 Å². The molecule has 0 amide bonds. The lowest BCUT2D eigenvalue weighted by Gasteiger charge is -2.29. The molecular formula is C16H29ClN4. The van der Waals surface area contributed by atoms with Gasteiger partial charge in [0, 0.05) is 31.7 Å². The summed E-state index contributed by atoms with van der Waals surface area (Å²) in [5, 5.41) is 9.06. The van der Waals surface area contributed by atoms with Gasteiger partial charge in [-0.25, -0.2) is 0 Å². The van der Waals surface area contributed by atoms with Gasteiger partial charge in [0.25, 0.3) is 0 Å². The van der Waals surface area contributed by atoms with E-state index in [4.69, 9.17) is 11.6 Å². The summed E-state index contributed by atoms with van der Waals surface area (Å²) in [7, 11) is 0. The highest BCUT2D eigenvalue weighted by atomic mass is 35.5. The molecule has 5 heteroatoms. The highest BCUT2D eigenvalue weighted by molar-refractivity contribution is 6.31. The van der Waals surface area contributed by atoms with Gasteiger partial charge in [-0.15, -0.1) is 0 Å². The predicted octanol–water partition coefficient (Wildman–Crippen LogP) is 3.22. The van der Waals surface area contributed by atoms with Crippen molar-refractivity contribution in [3.05, 3.63) is 16.4 Å². The fourth-order valence-corrected chi connectivity index (χ4v) is 3.38. The highest BCUT2D eigenvalue weighted by Crippen LogP contribution is 2.24. The molecule has 2 rings (SSSR count). The van der Waals surface area contributed by atoms with E-state index in [9.17, 15) is 0 Å². The van der Waals surface area contributed by atoms with Crippen molar-refractivity contribution >= 4 is 11.6 Å². The predicted molar refractivity (Wildman–Crippen MR) is 88.8 cm³/mol. The van der Waals surface area contributed by atoms with Crippen LogP contribution in [0.1, 0.15) is 51.4 Å². The first-order valence-electron chi connectivity index (χ1n) is 8.26. The molecule has 2 unspecified atom stereocenters. The van der Waals surface area contributed by atoms with E-state index in [1.807, 2.05) is 6.92 Å². The molecule has 1 aromatic rings. The van der Waals surface area contributed by atoms with Crippen molar-refractivity contribution in [1.29, 1.82) is 0 Å². The minimum Gasteiger partial charge on any atom is -0.313 e. The zero-order chi connectivity index (χ0) is 15.4. The molecule has 2 heterocycles. The minimum atomic E-state index is 0.580. The zero-order valence-corrected chi connectivity index (χ0v) is 14.6. The van der Waals surface area contributed by atoms with E-state index in [2.05, 4.69) is 40.8 Å². The summed E-state index contributed by atoms with van der Waals surface area (Å²) in [6.45, 7) is 12.7. The molecule has 0 bridgehead atoms. The molecule has 0 aliphatic carbocycles. The summed E-state index contributed by atoms with van der Waals surface area (Å²) in [6.07, 6.45) is 3.66. The quantitative estimate of drug-likeness (QED) is 0.906. The van der Waals surface area contributed by atoms with E-state index in [0.29, 0.717) is 12.1 Å². The maximum atomic E-state index is 6.47. The molecular weight excluding hydrogens is 284 g/mol. The SMILES string of the molecule is CCCC1CN(Cc2c(Cl)c(C)nn2CC)C(C)CCN1. The molecule has 0 radical (unpaired) electrons. The average Bonchev–Trinajstić information content (AvgIpc) is 2.62. The number of hydrogen-bond acceptors (Lipinski definition) is 3. The first kappa shape index (κ1) is 16.8. The third kappa shape index (κ3) is 3.99. The maximum absolute atomic E-state index is 6.47. The Balaban J connectivity index is 2.15.